The summed E-state index contributed by atoms with van der Waals surface area (Å²) in [6.07, 6.45) is 0.642. The molecule has 0 amide bonds. The third-order valence-electron chi connectivity index (χ3n) is 2.32. The van der Waals surface area contributed by atoms with E-state index in [1.54, 1.807) is 0 Å². The van der Waals surface area contributed by atoms with Crippen LogP contribution in [0.5, 0.6) is 0 Å². The molecule has 0 aliphatic carbocycles. The van der Waals surface area contributed by atoms with Crippen molar-refractivity contribution in [1.82, 2.24) is 0 Å². The van der Waals surface area contributed by atoms with E-state index < -0.39 is 0 Å². The van der Waals surface area contributed by atoms with Gasteiger partial charge in [-0.1, -0.05) is 0 Å². The zero-order chi connectivity index (χ0) is 11.5. The molecule has 2 rings (SSSR count). The van der Waals surface area contributed by atoms with Gasteiger partial charge in [0.1, 0.15) is 11.4 Å². The molecule has 0 fully saturated rings. The molecule has 1 aromatic heterocycles. The number of aliphatic hydroxyl groups is 1. The van der Waals surface area contributed by atoms with Crippen molar-refractivity contribution in [2.75, 3.05) is 6.61 Å². The Labute approximate surface area is 91.5 Å². The van der Waals surface area contributed by atoms with Crippen LogP contribution in [0.4, 0.5) is 4.39 Å². The largest absolute Gasteiger partial charge is 0.453 e. The zero-order valence-corrected chi connectivity index (χ0v) is 8.57. The van der Waals surface area contributed by atoms with E-state index in [4.69, 9.17) is 9.52 Å². The molecule has 1 N–H and O–H groups in total. The number of hydrogen-bond donors (Lipinski definition) is 1. The van der Waals surface area contributed by atoms with Crippen molar-refractivity contribution in [3.63, 3.8) is 0 Å². The molecule has 1 heterocycles. The van der Waals surface area contributed by atoms with E-state index in [0.717, 1.165) is 0 Å². The second-order valence-corrected chi connectivity index (χ2v) is 3.54. The van der Waals surface area contributed by atoms with Gasteiger partial charge >= 0.3 is 0 Å². The van der Waals surface area contributed by atoms with E-state index in [-0.39, 0.29) is 30.4 Å². The number of fused-ring (bicyclic) bond motifs is 1. The number of ketones is 1. The highest BCUT2D eigenvalue weighted by Gasteiger charge is 2.11. The second-order valence-electron chi connectivity index (χ2n) is 3.54. The standard InChI is InChI=1S/C12H11FO3/c13-9-3-4-11-8(6-9)7-12(16-11)10(15)2-1-5-14/h3-4,6-7,14H,1-2,5H2. The van der Waals surface area contributed by atoms with Gasteiger partial charge < -0.3 is 9.52 Å². The topological polar surface area (TPSA) is 50.4 Å². The lowest BCUT2D eigenvalue weighted by molar-refractivity contribution is 0.0946. The van der Waals surface area contributed by atoms with Crippen LogP contribution in [0.1, 0.15) is 23.4 Å². The van der Waals surface area contributed by atoms with Gasteiger partial charge in [-0.3, -0.25) is 4.79 Å². The van der Waals surface area contributed by atoms with E-state index in [0.29, 0.717) is 17.4 Å². The van der Waals surface area contributed by atoms with Crippen molar-refractivity contribution in [2.45, 2.75) is 12.8 Å². The number of carbonyl (C=O) groups is 1. The van der Waals surface area contributed by atoms with Crippen LogP contribution in [0.2, 0.25) is 0 Å². The zero-order valence-electron chi connectivity index (χ0n) is 8.57. The van der Waals surface area contributed by atoms with Crippen molar-refractivity contribution >= 4 is 16.8 Å². The van der Waals surface area contributed by atoms with E-state index in [9.17, 15) is 9.18 Å². The molecule has 0 radical (unpaired) electrons. The Bertz CT molecular complexity index is 516. The van der Waals surface area contributed by atoms with Crippen LogP contribution in [0.3, 0.4) is 0 Å². The van der Waals surface area contributed by atoms with Crippen molar-refractivity contribution in [3.8, 4) is 0 Å². The van der Waals surface area contributed by atoms with Gasteiger partial charge in [0.2, 0.25) is 0 Å². The summed E-state index contributed by atoms with van der Waals surface area (Å²) in [7, 11) is 0. The molecular formula is C12H11FO3. The molecular weight excluding hydrogens is 211 g/mol. The Hall–Kier alpha value is -1.68. The summed E-state index contributed by atoms with van der Waals surface area (Å²) in [5, 5.41) is 9.18. The number of carbonyl (C=O) groups excluding carboxylic acids is 1. The molecule has 0 saturated carbocycles. The molecule has 4 heteroatoms. The SMILES string of the molecule is O=C(CCCO)c1cc2cc(F)ccc2o1. The first kappa shape index (κ1) is 10.8. The highest BCUT2D eigenvalue weighted by Crippen LogP contribution is 2.21. The molecule has 3 nitrogen and oxygen atoms in total. The lowest BCUT2D eigenvalue weighted by Gasteiger charge is -1.93. The minimum Gasteiger partial charge on any atom is -0.453 e. The maximum absolute atomic E-state index is 12.9. The summed E-state index contributed by atoms with van der Waals surface area (Å²) in [4.78, 5) is 11.6. The number of benzene rings is 1. The summed E-state index contributed by atoms with van der Waals surface area (Å²) < 4.78 is 18.2. The fourth-order valence-corrected chi connectivity index (χ4v) is 1.51. The van der Waals surface area contributed by atoms with Gasteiger partial charge in [-0.05, 0) is 30.7 Å². The molecule has 2 aromatic rings. The molecule has 0 spiro atoms. The maximum Gasteiger partial charge on any atom is 0.198 e. The number of Topliss-reactive ketones (excluding diaryl/α,β-unsaturated/α-hetero) is 1. The molecule has 0 unspecified atom stereocenters. The molecule has 0 saturated heterocycles. The molecule has 0 aliphatic heterocycles. The van der Waals surface area contributed by atoms with Crippen molar-refractivity contribution in [1.29, 1.82) is 0 Å². The Morgan fingerprint density at radius 2 is 2.19 bits per heavy atom. The van der Waals surface area contributed by atoms with E-state index in [1.165, 1.54) is 24.3 Å². The Balaban J connectivity index is 2.28. The van der Waals surface area contributed by atoms with Crippen LogP contribution in [-0.4, -0.2) is 17.5 Å². The predicted molar refractivity (Wildman–Crippen MR) is 56.8 cm³/mol. The van der Waals surface area contributed by atoms with Gasteiger partial charge in [0.05, 0.1) is 0 Å². The van der Waals surface area contributed by atoms with Crippen LogP contribution < -0.4 is 0 Å². The maximum atomic E-state index is 12.9. The third-order valence-corrected chi connectivity index (χ3v) is 2.32. The summed E-state index contributed by atoms with van der Waals surface area (Å²) in [5.41, 5.74) is 0.494. The number of aliphatic hydroxyl groups excluding tert-OH is 1. The summed E-state index contributed by atoms with van der Waals surface area (Å²) in [6, 6.07) is 5.63. The number of hydrogen-bond acceptors (Lipinski definition) is 3. The molecule has 84 valence electrons. The first-order valence-corrected chi connectivity index (χ1v) is 5.04. The minimum atomic E-state index is -0.359. The van der Waals surface area contributed by atoms with Crippen molar-refractivity contribution in [2.24, 2.45) is 0 Å². The van der Waals surface area contributed by atoms with Gasteiger partial charge in [0.25, 0.3) is 0 Å². The van der Waals surface area contributed by atoms with Crippen LogP contribution in [0, 0.1) is 5.82 Å². The van der Waals surface area contributed by atoms with Gasteiger partial charge in [-0.25, -0.2) is 4.39 Å². The van der Waals surface area contributed by atoms with Gasteiger partial charge in [-0.2, -0.15) is 0 Å². The van der Waals surface area contributed by atoms with E-state index in [2.05, 4.69) is 0 Å². The monoisotopic (exact) mass is 222 g/mol. The Morgan fingerprint density at radius 3 is 2.94 bits per heavy atom. The molecule has 16 heavy (non-hydrogen) atoms. The molecule has 0 aliphatic rings. The lowest BCUT2D eigenvalue weighted by Crippen LogP contribution is -1.98. The van der Waals surface area contributed by atoms with Gasteiger partial charge in [-0.15, -0.1) is 0 Å². The summed E-state index contributed by atoms with van der Waals surface area (Å²) in [5.74, 6) is -0.317. The average Bonchev–Trinajstić information content (AvgIpc) is 2.68. The fraction of sp³-hybridized carbons (Fsp3) is 0.250. The number of rotatable bonds is 4. The fourth-order valence-electron chi connectivity index (χ4n) is 1.51. The number of furan rings is 1. The van der Waals surface area contributed by atoms with Crippen molar-refractivity contribution in [3.05, 3.63) is 35.8 Å². The predicted octanol–water partition coefficient (Wildman–Crippen LogP) is 2.53. The van der Waals surface area contributed by atoms with Crippen LogP contribution in [-0.2, 0) is 0 Å². The van der Waals surface area contributed by atoms with Gasteiger partial charge in [0.15, 0.2) is 11.5 Å². The molecule has 1 aromatic carbocycles. The highest BCUT2D eigenvalue weighted by molar-refractivity contribution is 5.97. The smallest absolute Gasteiger partial charge is 0.198 e. The third kappa shape index (κ3) is 2.12. The Kier molecular flexibility index (Phi) is 3.01. The second kappa shape index (κ2) is 4.45. The molecule has 0 bridgehead atoms. The number of halogens is 1. The van der Waals surface area contributed by atoms with Crippen molar-refractivity contribution < 1.29 is 18.7 Å². The van der Waals surface area contributed by atoms with E-state index in [1.807, 2.05) is 0 Å². The quantitative estimate of drug-likeness (QED) is 0.808. The summed E-state index contributed by atoms with van der Waals surface area (Å²) >= 11 is 0. The Morgan fingerprint density at radius 1 is 1.38 bits per heavy atom. The molecule has 0 atom stereocenters. The van der Waals surface area contributed by atoms with Gasteiger partial charge in [0, 0.05) is 18.4 Å². The van der Waals surface area contributed by atoms with E-state index >= 15 is 0 Å². The first-order valence-electron chi connectivity index (χ1n) is 5.04. The van der Waals surface area contributed by atoms with Crippen LogP contribution >= 0.6 is 0 Å². The highest BCUT2D eigenvalue weighted by atomic mass is 19.1. The lowest BCUT2D eigenvalue weighted by atomic mass is 10.1. The van der Waals surface area contributed by atoms with Crippen LogP contribution in [0.15, 0.2) is 28.7 Å². The first-order chi connectivity index (χ1) is 7.70. The van der Waals surface area contributed by atoms with Crippen LogP contribution in [0.25, 0.3) is 11.0 Å². The normalized spacial score (nSPS) is 10.9. The minimum absolute atomic E-state index is 0.0272. The average molecular weight is 222 g/mol. The summed E-state index contributed by atoms with van der Waals surface area (Å²) in [6.45, 7) is -0.0272.